The fraction of sp³-hybridized carbons (Fsp3) is 0.899. The molecule has 6 fully saturated rings. The summed E-state index contributed by atoms with van der Waals surface area (Å²) in [7, 11) is 0. The van der Waals surface area contributed by atoms with Gasteiger partial charge in [-0.2, -0.15) is 0 Å². The van der Waals surface area contributed by atoms with Crippen LogP contribution >= 0.6 is 0 Å². The largest absolute Gasteiger partial charge is 0.465 e. The lowest BCUT2D eigenvalue weighted by atomic mass is 9.71. The molecule has 6 saturated carbocycles. The third-order valence-corrected chi connectivity index (χ3v) is 21.7. The number of nitrogens with one attached hydrogen (secondary N) is 6. The molecule has 6 N–H and O–H groups in total. The van der Waals surface area contributed by atoms with Crippen molar-refractivity contribution in [2.24, 2.45) is 71.0 Å². The van der Waals surface area contributed by atoms with E-state index in [1.165, 1.54) is 0 Å². The first-order valence-corrected chi connectivity index (χ1v) is 35.1. The molecular formula is C69H120N6O9. The molecule has 15 nitrogen and oxygen atoms in total. The Kier molecular flexibility index (Phi) is 28.5. The van der Waals surface area contributed by atoms with Crippen LogP contribution in [0.25, 0.3) is 0 Å². The highest BCUT2D eigenvalue weighted by molar-refractivity contribution is 5.83. The van der Waals surface area contributed by atoms with Gasteiger partial charge in [-0.15, -0.1) is 0 Å². The first-order chi connectivity index (χ1) is 40.4. The molecule has 15 heteroatoms. The van der Waals surface area contributed by atoms with Gasteiger partial charge in [0.15, 0.2) is 0 Å². The van der Waals surface area contributed by atoms with Crippen molar-refractivity contribution in [2.45, 2.75) is 317 Å². The van der Waals surface area contributed by atoms with Crippen LogP contribution in [0, 0.1) is 71.0 Å². The number of hydrogen-bond donors (Lipinski definition) is 6. The lowest BCUT2D eigenvalue weighted by Crippen LogP contribution is -2.56. The van der Waals surface area contributed by atoms with Crippen molar-refractivity contribution in [3.8, 4) is 0 Å². The summed E-state index contributed by atoms with van der Waals surface area (Å²) in [5.74, 6) is -1.51. The molecule has 0 unspecified atom stereocenters. The van der Waals surface area contributed by atoms with E-state index >= 15 is 0 Å². The molecule has 18 atom stereocenters. The van der Waals surface area contributed by atoms with E-state index in [0.717, 1.165) is 167 Å². The number of esters is 1. The SMILES string of the molecule is CCCCOC(=O)[C@@H](CC)[C@@H]1CCCC[C@@H]1NC(=O)[C@@H](CC)[C@@H]1CCCC[C@@H]1NC(=O)[C@@H](CC)[C@@H]1CCCC[C@@H]1NC(=O)[C@@H](CC)[C@@H]1CCCC[C@@H]1NC(=O)[C@@H](CC)[C@@H]1CCCC[C@@H]1NC(=O)[C@@H](CC)[C@@H]1CCCC[C@@H]1NC(=O)OC(C)(C)C. The minimum absolute atomic E-state index is 0.00366. The summed E-state index contributed by atoms with van der Waals surface area (Å²) < 4.78 is 11.4. The van der Waals surface area contributed by atoms with Crippen molar-refractivity contribution in [3.05, 3.63) is 0 Å². The molecule has 6 aliphatic rings. The van der Waals surface area contributed by atoms with Gasteiger partial charge in [0, 0.05) is 65.8 Å². The Labute approximate surface area is 508 Å². The Morgan fingerprint density at radius 1 is 0.345 bits per heavy atom. The predicted molar refractivity (Wildman–Crippen MR) is 333 cm³/mol. The van der Waals surface area contributed by atoms with Gasteiger partial charge in [-0.1, -0.05) is 132 Å². The zero-order chi connectivity index (χ0) is 60.9. The molecule has 6 rings (SSSR count). The average Bonchev–Trinajstić information content (AvgIpc) is 3.39. The molecule has 84 heavy (non-hydrogen) atoms. The summed E-state index contributed by atoms with van der Waals surface area (Å²) in [6.45, 7) is 20.6. The standard InChI is InChI=1S/C69H120N6O9/c1-11-18-43-83-67(81)49(17-7)55-36-24-29-41-60(55)74-65(79)47(15-5)53-34-22-27-39-58(53)72-63(77)45(13-3)51-32-20-25-37-56(51)70-62(76)44(12-2)50-31-19-26-38-57(50)71-64(78)46(14-4)52-33-21-28-40-59(52)73-66(80)48(16-6)54-35-23-30-42-61(54)75-68(82)84-69(8,9)10/h44-61H,11-43H2,1-10H3,(H,70,76)(H,71,78)(H,72,77)(H,73,80)(H,74,79)(H,75,82)/t44-,45-,46-,47-,48-,49-,50-,51-,52-,53-,54-,55-,56-,57-,58-,59-,60-,61-/m0/s1. The van der Waals surface area contributed by atoms with Gasteiger partial charge in [0.2, 0.25) is 29.5 Å². The Bertz CT molecular complexity index is 2080. The molecule has 0 radical (unpaired) electrons. The van der Waals surface area contributed by atoms with E-state index in [-0.39, 0.29) is 143 Å². The van der Waals surface area contributed by atoms with Gasteiger partial charge in [0.25, 0.3) is 0 Å². The topological polar surface area (TPSA) is 210 Å². The third-order valence-electron chi connectivity index (χ3n) is 21.7. The van der Waals surface area contributed by atoms with Crippen LogP contribution < -0.4 is 31.9 Å². The second kappa shape index (κ2) is 34.6. The minimum Gasteiger partial charge on any atom is -0.465 e. The average molecular weight is 1180 g/mol. The first-order valence-electron chi connectivity index (χ1n) is 35.1. The highest BCUT2D eigenvalue weighted by Crippen LogP contribution is 2.41. The number of hydrogen-bond acceptors (Lipinski definition) is 9. The summed E-state index contributed by atoms with van der Waals surface area (Å²) in [5.41, 5.74) is -0.614. The van der Waals surface area contributed by atoms with Gasteiger partial charge in [0.1, 0.15) is 5.60 Å². The molecule has 6 aliphatic carbocycles. The third kappa shape index (κ3) is 19.0. The number of carbonyl (C=O) groups is 7. The number of ether oxygens (including phenoxy) is 2. The quantitative estimate of drug-likeness (QED) is 0.0341. The molecule has 480 valence electrons. The molecule has 0 saturated heterocycles. The van der Waals surface area contributed by atoms with Gasteiger partial charge in [0.05, 0.1) is 12.5 Å². The van der Waals surface area contributed by atoms with Crippen molar-refractivity contribution in [1.82, 2.24) is 31.9 Å². The molecule has 6 amide bonds. The predicted octanol–water partition coefficient (Wildman–Crippen LogP) is 12.9. The normalized spacial score (nSPS) is 30.8. The summed E-state index contributed by atoms with van der Waals surface area (Å²) >= 11 is 0. The lowest BCUT2D eigenvalue weighted by Gasteiger charge is -2.42. The number of carbonyl (C=O) groups excluding carboxylic acids is 7. The molecule has 0 aliphatic heterocycles. The van der Waals surface area contributed by atoms with E-state index in [4.69, 9.17) is 9.47 Å². The maximum Gasteiger partial charge on any atom is 0.407 e. The van der Waals surface area contributed by atoms with Crippen LogP contribution in [0.2, 0.25) is 0 Å². The van der Waals surface area contributed by atoms with Crippen LogP contribution in [-0.2, 0) is 38.2 Å². The fourth-order valence-electron chi connectivity index (χ4n) is 17.3. The molecule has 0 aromatic carbocycles. The maximum atomic E-state index is 14.9. The van der Waals surface area contributed by atoms with E-state index in [9.17, 15) is 33.6 Å². The van der Waals surface area contributed by atoms with Crippen molar-refractivity contribution in [3.63, 3.8) is 0 Å². The smallest absolute Gasteiger partial charge is 0.407 e. The zero-order valence-corrected chi connectivity index (χ0v) is 54.4. The Balaban J connectivity index is 1.08. The van der Waals surface area contributed by atoms with Crippen molar-refractivity contribution >= 4 is 41.6 Å². The Morgan fingerprint density at radius 2 is 0.571 bits per heavy atom. The zero-order valence-electron chi connectivity index (χ0n) is 54.4. The van der Waals surface area contributed by atoms with Crippen LogP contribution in [0.1, 0.15) is 275 Å². The van der Waals surface area contributed by atoms with E-state index < -0.39 is 11.7 Å². The van der Waals surface area contributed by atoms with E-state index in [1.807, 2.05) is 20.8 Å². The highest BCUT2D eigenvalue weighted by atomic mass is 16.6. The summed E-state index contributed by atoms with van der Waals surface area (Å²) in [6, 6.07) is -0.724. The van der Waals surface area contributed by atoms with Crippen LogP contribution in [0.5, 0.6) is 0 Å². The van der Waals surface area contributed by atoms with Crippen molar-refractivity contribution in [2.75, 3.05) is 6.61 Å². The van der Waals surface area contributed by atoms with E-state index in [1.54, 1.807) is 0 Å². The Morgan fingerprint density at radius 3 is 0.798 bits per heavy atom. The van der Waals surface area contributed by atoms with Gasteiger partial charge in [-0.3, -0.25) is 28.8 Å². The van der Waals surface area contributed by atoms with Gasteiger partial charge in [-0.05, 0) is 178 Å². The van der Waals surface area contributed by atoms with Crippen LogP contribution in [-0.4, -0.2) is 90.1 Å². The lowest BCUT2D eigenvalue weighted by molar-refractivity contribution is -0.152. The van der Waals surface area contributed by atoms with Gasteiger partial charge >= 0.3 is 12.1 Å². The van der Waals surface area contributed by atoms with Crippen molar-refractivity contribution < 1.29 is 43.0 Å². The maximum absolute atomic E-state index is 14.9. The molecular weight excluding hydrogens is 1060 g/mol. The van der Waals surface area contributed by atoms with Gasteiger partial charge < -0.3 is 41.4 Å². The fourth-order valence-corrected chi connectivity index (χ4v) is 17.3. The summed E-state index contributed by atoms with van der Waals surface area (Å²) in [4.78, 5) is 99.7. The highest BCUT2D eigenvalue weighted by Gasteiger charge is 2.46. The van der Waals surface area contributed by atoms with Crippen LogP contribution in [0.15, 0.2) is 0 Å². The second-order valence-corrected chi connectivity index (χ2v) is 28.1. The van der Waals surface area contributed by atoms with Crippen LogP contribution in [0.3, 0.4) is 0 Å². The number of rotatable bonds is 27. The summed E-state index contributed by atoms with van der Waals surface area (Å²) in [6.07, 6.45) is 27.7. The molecule has 0 spiro atoms. The van der Waals surface area contributed by atoms with E-state index in [0.29, 0.717) is 45.1 Å². The summed E-state index contributed by atoms with van der Waals surface area (Å²) in [5, 5.41) is 20.8. The monoisotopic (exact) mass is 1180 g/mol. The van der Waals surface area contributed by atoms with Gasteiger partial charge in [-0.25, -0.2) is 4.79 Å². The molecule has 0 bridgehead atoms. The van der Waals surface area contributed by atoms with E-state index in [2.05, 4.69) is 80.4 Å². The van der Waals surface area contributed by atoms with Crippen molar-refractivity contribution in [1.29, 1.82) is 0 Å². The Hall–Kier alpha value is -3.91. The first kappa shape index (κ1) is 69.2. The second-order valence-electron chi connectivity index (χ2n) is 28.1. The van der Waals surface area contributed by atoms with Crippen LogP contribution in [0.4, 0.5) is 4.79 Å². The number of alkyl carbamates (subject to hydrolysis) is 1. The molecule has 0 aromatic heterocycles. The minimum atomic E-state index is -0.614. The molecule has 0 aromatic rings. The molecule has 0 heterocycles. The number of amides is 6. The number of unbranched alkanes of at least 4 members (excludes halogenated alkanes) is 1.